The molecule has 2 saturated heterocycles. The zero-order valence-corrected chi connectivity index (χ0v) is 13.3. The number of hydrogen-bond donors (Lipinski definition) is 1. The molecule has 110 valence electrons. The number of furan rings is 1. The van der Waals surface area contributed by atoms with E-state index in [1.807, 2.05) is 23.1 Å². The van der Waals surface area contributed by atoms with Crippen molar-refractivity contribution in [2.75, 3.05) is 19.6 Å². The second kappa shape index (κ2) is 4.85. The first-order valence-electron chi connectivity index (χ1n) is 7.39. The monoisotopic (exact) mass is 348 g/mol. The van der Waals surface area contributed by atoms with Crippen molar-refractivity contribution in [3.8, 4) is 0 Å². The summed E-state index contributed by atoms with van der Waals surface area (Å²) >= 11 is 3.48. The van der Waals surface area contributed by atoms with Crippen molar-refractivity contribution in [2.45, 2.75) is 24.8 Å². The molecule has 0 radical (unpaired) electrons. The molecule has 2 aliphatic heterocycles. The second-order valence-electron chi connectivity index (χ2n) is 6.05. The Bertz CT molecular complexity index is 703. The Morgan fingerprint density at radius 2 is 2.29 bits per heavy atom. The number of amides is 1. The molecule has 0 bridgehead atoms. The summed E-state index contributed by atoms with van der Waals surface area (Å²) in [6, 6.07) is 5.66. The Hall–Kier alpha value is -1.33. The zero-order chi connectivity index (χ0) is 14.4. The summed E-state index contributed by atoms with van der Waals surface area (Å²) in [4.78, 5) is 14.9. The molecule has 1 unspecified atom stereocenters. The third kappa shape index (κ3) is 2.10. The van der Waals surface area contributed by atoms with Crippen molar-refractivity contribution < 1.29 is 9.21 Å². The van der Waals surface area contributed by atoms with Crippen molar-refractivity contribution in [1.29, 1.82) is 0 Å². The minimum absolute atomic E-state index is 0.105. The molecule has 1 aromatic heterocycles. The van der Waals surface area contributed by atoms with Crippen LogP contribution in [0, 0.1) is 0 Å². The van der Waals surface area contributed by atoms with Crippen molar-refractivity contribution in [3.05, 3.63) is 34.5 Å². The van der Waals surface area contributed by atoms with Crippen LogP contribution in [0.5, 0.6) is 0 Å². The predicted molar refractivity (Wildman–Crippen MR) is 84.4 cm³/mol. The Morgan fingerprint density at radius 1 is 1.38 bits per heavy atom. The first kappa shape index (κ1) is 13.3. The fourth-order valence-corrected chi connectivity index (χ4v) is 4.16. The lowest BCUT2D eigenvalue weighted by Crippen LogP contribution is -2.43. The highest BCUT2D eigenvalue weighted by Crippen LogP contribution is 2.33. The zero-order valence-electron chi connectivity index (χ0n) is 11.7. The van der Waals surface area contributed by atoms with Gasteiger partial charge >= 0.3 is 0 Å². The van der Waals surface area contributed by atoms with Gasteiger partial charge in [-0.3, -0.25) is 4.79 Å². The van der Waals surface area contributed by atoms with Gasteiger partial charge in [0.25, 0.3) is 5.91 Å². The fraction of sp³-hybridized carbons (Fsp3) is 0.438. The molecular formula is C16H17BrN2O2. The first-order valence-corrected chi connectivity index (χ1v) is 8.18. The maximum atomic E-state index is 12.9. The summed E-state index contributed by atoms with van der Waals surface area (Å²) in [7, 11) is 0. The molecule has 4 nitrogen and oxygen atoms in total. The molecule has 2 aliphatic rings. The fourth-order valence-electron chi connectivity index (χ4n) is 3.66. The third-order valence-corrected chi connectivity index (χ3v) is 5.34. The number of hydrogen-bond acceptors (Lipinski definition) is 3. The van der Waals surface area contributed by atoms with Gasteiger partial charge < -0.3 is 14.6 Å². The number of carbonyl (C=O) groups is 1. The Morgan fingerprint density at radius 3 is 3.10 bits per heavy atom. The molecule has 2 fully saturated rings. The number of rotatable bonds is 1. The van der Waals surface area contributed by atoms with Gasteiger partial charge in [0.05, 0.1) is 10.0 Å². The van der Waals surface area contributed by atoms with Crippen LogP contribution < -0.4 is 5.32 Å². The van der Waals surface area contributed by atoms with Crippen LogP contribution in [0.3, 0.4) is 0 Å². The van der Waals surface area contributed by atoms with Crippen LogP contribution in [-0.4, -0.2) is 36.0 Å². The van der Waals surface area contributed by atoms with Gasteiger partial charge in [0.2, 0.25) is 0 Å². The molecule has 0 aliphatic carbocycles. The molecule has 5 heteroatoms. The van der Waals surface area contributed by atoms with E-state index < -0.39 is 0 Å². The molecule has 2 aromatic rings. The van der Waals surface area contributed by atoms with Gasteiger partial charge in [-0.25, -0.2) is 0 Å². The van der Waals surface area contributed by atoms with E-state index in [1.54, 1.807) is 6.26 Å². The van der Waals surface area contributed by atoms with Gasteiger partial charge in [-0.1, -0.05) is 6.07 Å². The summed E-state index contributed by atoms with van der Waals surface area (Å²) in [6.07, 6.45) is 5.09. The molecule has 1 N–H and O–H groups in total. The molecule has 1 aromatic carbocycles. The lowest BCUT2D eigenvalue weighted by molar-refractivity contribution is 0.0783. The summed E-state index contributed by atoms with van der Waals surface area (Å²) in [5.41, 5.74) is 1.64. The maximum Gasteiger partial charge on any atom is 0.254 e. The number of carbonyl (C=O) groups excluding carboxylic acids is 1. The molecule has 1 spiro atoms. The topological polar surface area (TPSA) is 45.5 Å². The van der Waals surface area contributed by atoms with E-state index in [-0.39, 0.29) is 11.4 Å². The summed E-state index contributed by atoms with van der Waals surface area (Å²) in [5.74, 6) is 0.105. The molecule has 4 rings (SSSR count). The van der Waals surface area contributed by atoms with Crippen LogP contribution in [0.1, 0.15) is 29.6 Å². The van der Waals surface area contributed by atoms with E-state index in [2.05, 4.69) is 21.2 Å². The van der Waals surface area contributed by atoms with E-state index in [4.69, 9.17) is 4.42 Å². The Kier molecular flexibility index (Phi) is 3.08. The quantitative estimate of drug-likeness (QED) is 0.860. The molecular weight excluding hydrogens is 332 g/mol. The smallest absolute Gasteiger partial charge is 0.254 e. The number of likely N-dealkylation sites (tertiary alicyclic amines) is 1. The van der Waals surface area contributed by atoms with E-state index >= 15 is 0 Å². The van der Waals surface area contributed by atoms with Gasteiger partial charge in [0.15, 0.2) is 0 Å². The Labute approximate surface area is 131 Å². The van der Waals surface area contributed by atoms with Gasteiger partial charge in [-0.15, -0.1) is 0 Å². The van der Waals surface area contributed by atoms with Crippen LogP contribution in [-0.2, 0) is 0 Å². The average Bonchev–Trinajstić information content (AvgIpc) is 3.21. The SMILES string of the molecule is O=C(c1cccc2occ(Br)c12)N1CCC2(CCCN2)C1. The predicted octanol–water partition coefficient (Wildman–Crippen LogP) is 3.16. The summed E-state index contributed by atoms with van der Waals surface area (Å²) < 4.78 is 6.31. The second-order valence-corrected chi connectivity index (χ2v) is 6.90. The van der Waals surface area contributed by atoms with Crippen LogP contribution in [0.15, 0.2) is 33.4 Å². The number of nitrogens with zero attached hydrogens (tertiary/aromatic N) is 1. The van der Waals surface area contributed by atoms with Gasteiger partial charge in [-0.2, -0.15) is 0 Å². The minimum Gasteiger partial charge on any atom is -0.463 e. The van der Waals surface area contributed by atoms with E-state index in [9.17, 15) is 4.79 Å². The summed E-state index contributed by atoms with van der Waals surface area (Å²) in [5, 5.41) is 4.47. The van der Waals surface area contributed by atoms with E-state index in [0.29, 0.717) is 0 Å². The van der Waals surface area contributed by atoms with Crippen LogP contribution >= 0.6 is 15.9 Å². The molecule has 21 heavy (non-hydrogen) atoms. The van der Waals surface area contributed by atoms with E-state index in [1.165, 1.54) is 12.8 Å². The highest BCUT2D eigenvalue weighted by atomic mass is 79.9. The van der Waals surface area contributed by atoms with Gasteiger partial charge in [-0.05, 0) is 53.9 Å². The first-order chi connectivity index (χ1) is 10.2. The lowest BCUT2D eigenvalue weighted by Gasteiger charge is -2.24. The standard InChI is InChI=1S/C16H17BrN2O2/c17-12-9-21-13-4-1-3-11(14(12)13)15(20)19-8-6-16(10-19)5-2-7-18-16/h1,3-4,9,18H,2,5-8,10H2. The molecule has 3 heterocycles. The highest BCUT2D eigenvalue weighted by Gasteiger charge is 2.42. The van der Waals surface area contributed by atoms with Crippen LogP contribution in [0.4, 0.5) is 0 Å². The largest absolute Gasteiger partial charge is 0.463 e. The Balaban J connectivity index is 1.66. The van der Waals surface area contributed by atoms with E-state index in [0.717, 1.165) is 47.1 Å². The normalized spacial score (nSPS) is 25.3. The number of halogens is 1. The number of fused-ring (bicyclic) bond motifs is 1. The summed E-state index contributed by atoms with van der Waals surface area (Å²) in [6.45, 7) is 2.72. The lowest BCUT2D eigenvalue weighted by atomic mass is 9.97. The van der Waals surface area contributed by atoms with Crippen LogP contribution in [0.25, 0.3) is 11.0 Å². The molecule has 1 atom stereocenters. The van der Waals surface area contributed by atoms with Gasteiger partial charge in [0.1, 0.15) is 11.8 Å². The van der Waals surface area contributed by atoms with Crippen molar-refractivity contribution in [2.24, 2.45) is 0 Å². The number of benzene rings is 1. The number of nitrogens with one attached hydrogen (secondary N) is 1. The highest BCUT2D eigenvalue weighted by molar-refractivity contribution is 9.10. The molecule has 1 amide bonds. The van der Waals surface area contributed by atoms with Crippen molar-refractivity contribution in [3.63, 3.8) is 0 Å². The van der Waals surface area contributed by atoms with Crippen molar-refractivity contribution >= 4 is 32.8 Å². The van der Waals surface area contributed by atoms with Gasteiger partial charge in [0, 0.05) is 24.0 Å². The molecule has 0 saturated carbocycles. The average molecular weight is 349 g/mol. The minimum atomic E-state index is 0.105. The third-order valence-electron chi connectivity index (χ3n) is 4.76. The van der Waals surface area contributed by atoms with Crippen molar-refractivity contribution in [1.82, 2.24) is 10.2 Å². The van der Waals surface area contributed by atoms with Crippen LogP contribution in [0.2, 0.25) is 0 Å². The maximum absolute atomic E-state index is 12.9.